The summed E-state index contributed by atoms with van der Waals surface area (Å²) in [5.41, 5.74) is -0.362. The summed E-state index contributed by atoms with van der Waals surface area (Å²) in [7, 11) is 0. The van der Waals surface area contributed by atoms with Gasteiger partial charge >= 0.3 is 5.97 Å². The second-order valence-electron chi connectivity index (χ2n) is 6.24. The summed E-state index contributed by atoms with van der Waals surface area (Å²) in [6.07, 6.45) is 5.14. The van der Waals surface area contributed by atoms with Gasteiger partial charge in [-0.3, -0.25) is 0 Å². The van der Waals surface area contributed by atoms with Gasteiger partial charge in [0.2, 0.25) is 0 Å². The van der Waals surface area contributed by atoms with Crippen molar-refractivity contribution < 1.29 is 14.6 Å². The number of hydrogen-bond acceptors (Lipinski definition) is 3. The van der Waals surface area contributed by atoms with Gasteiger partial charge in [-0.15, -0.1) is 0 Å². The quantitative estimate of drug-likeness (QED) is 0.621. The van der Waals surface area contributed by atoms with Crippen molar-refractivity contribution in [3.63, 3.8) is 0 Å². The molecular formula is C15H26O3. The van der Waals surface area contributed by atoms with E-state index in [9.17, 15) is 9.90 Å². The van der Waals surface area contributed by atoms with Crippen LogP contribution in [0.5, 0.6) is 0 Å². The summed E-state index contributed by atoms with van der Waals surface area (Å²) in [6.45, 7) is 9.43. The molecule has 104 valence electrons. The molecule has 0 aromatic heterocycles. The van der Waals surface area contributed by atoms with Crippen LogP contribution in [-0.2, 0) is 9.53 Å². The van der Waals surface area contributed by atoms with Gasteiger partial charge in [-0.2, -0.15) is 0 Å². The minimum atomic E-state index is -0.546. The molecule has 0 heterocycles. The first kappa shape index (κ1) is 15.2. The van der Waals surface area contributed by atoms with Gasteiger partial charge in [0.15, 0.2) is 0 Å². The summed E-state index contributed by atoms with van der Waals surface area (Å²) >= 11 is 0. The van der Waals surface area contributed by atoms with E-state index >= 15 is 0 Å². The first-order valence-electron chi connectivity index (χ1n) is 6.76. The van der Waals surface area contributed by atoms with Crippen LogP contribution in [0.25, 0.3) is 0 Å². The highest BCUT2D eigenvalue weighted by molar-refractivity contribution is 5.87. The van der Waals surface area contributed by atoms with Crippen molar-refractivity contribution in [3.8, 4) is 0 Å². The smallest absolute Gasteiger partial charge is 0.333 e. The second-order valence-corrected chi connectivity index (χ2v) is 6.24. The van der Waals surface area contributed by atoms with Gasteiger partial charge < -0.3 is 9.84 Å². The fraction of sp³-hybridized carbons (Fsp3) is 0.800. The number of carbonyl (C=O) groups excluding carboxylic acids is 1. The maximum Gasteiger partial charge on any atom is 0.333 e. The molecule has 1 aliphatic rings. The van der Waals surface area contributed by atoms with E-state index in [0.29, 0.717) is 11.5 Å². The highest BCUT2D eigenvalue weighted by Crippen LogP contribution is 2.39. The van der Waals surface area contributed by atoms with Crippen molar-refractivity contribution in [2.75, 3.05) is 0 Å². The number of carbonyl (C=O) groups is 1. The Bertz CT molecular complexity index is 330. The van der Waals surface area contributed by atoms with Gasteiger partial charge in [0.25, 0.3) is 0 Å². The number of hydrogen-bond donors (Lipinski definition) is 1. The van der Waals surface area contributed by atoms with Gasteiger partial charge in [0, 0.05) is 5.57 Å². The topological polar surface area (TPSA) is 46.5 Å². The predicted octanol–water partition coefficient (Wildman–Crippen LogP) is 3.22. The van der Waals surface area contributed by atoms with Crippen LogP contribution in [0.1, 0.15) is 60.3 Å². The second kappa shape index (κ2) is 5.43. The molecule has 1 saturated carbocycles. The highest BCUT2D eigenvalue weighted by atomic mass is 16.6. The Kier molecular flexibility index (Phi) is 4.60. The Morgan fingerprint density at radius 3 is 2.33 bits per heavy atom. The molecule has 3 nitrogen and oxygen atoms in total. The Hall–Kier alpha value is -0.830. The fourth-order valence-corrected chi connectivity index (χ4v) is 2.46. The van der Waals surface area contributed by atoms with Crippen LogP contribution in [0.3, 0.4) is 0 Å². The van der Waals surface area contributed by atoms with Gasteiger partial charge in [-0.05, 0) is 66.2 Å². The average molecular weight is 254 g/mol. The molecule has 0 unspecified atom stereocenters. The number of rotatable bonds is 3. The van der Waals surface area contributed by atoms with Crippen molar-refractivity contribution >= 4 is 5.97 Å². The van der Waals surface area contributed by atoms with E-state index in [2.05, 4.69) is 0 Å². The lowest BCUT2D eigenvalue weighted by molar-refractivity contribution is -0.159. The lowest BCUT2D eigenvalue weighted by atomic mass is 9.73. The minimum absolute atomic E-state index is 0.236. The van der Waals surface area contributed by atoms with Crippen LogP contribution in [0, 0.1) is 5.92 Å². The molecule has 18 heavy (non-hydrogen) atoms. The number of ether oxygens (including phenoxy) is 1. The Labute approximate surface area is 110 Å². The standard InChI is InChI=1S/C15H26O3/c1-6-11(2)13(16)18-14(3,4)12-7-9-15(5,17)10-8-12/h6,12,17H,7-10H2,1-5H3. The van der Waals surface area contributed by atoms with Crippen LogP contribution in [0.2, 0.25) is 0 Å². The predicted molar refractivity (Wildman–Crippen MR) is 72.2 cm³/mol. The first-order valence-corrected chi connectivity index (χ1v) is 6.76. The molecule has 1 N–H and O–H groups in total. The largest absolute Gasteiger partial charge is 0.456 e. The zero-order chi connectivity index (χ0) is 14.0. The van der Waals surface area contributed by atoms with Crippen LogP contribution in [0.4, 0.5) is 0 Å². The summed E-state index contributed by atoms with van der Waals surface area (Å²) < 4.78 is 5.61. The molecule has 0 aromatic carbocycles. The molecular weight excluding hydrogens is 228 g/mol. The van der Waals surface area contributed by atoms with Crippen LogP contribution >= 0.6 is 0 Å². The Morgan fingerprint density at radius 1 is 1.39 bits per heavy atom. The molecule has 3 heteroatoms. The third-order valence-electron chi connectivity index (χ3n) is 4.16. The summed E-state index contributed by atoms with van der Waals surface area (Å²) in [6, 6.07) is 0. The lowest BCUT2D eigenvalue weighted by Crippen LogP contribution is -2.42. The van der Waals surface area contributed by atoms with Crippen molar-refractivity contribution in [2.24, 2.45) is 5.92 Å². The van der Waals surface area contributed by atoms with Gasteiger partial charge in [0.1, 0.15) is 5.60 Å². The average Bonchev–Trinajstić information content (AvgIpc) is 2.26. The fourth-order valence-electron chi connectivity index (χ4n) is 2.46. The molecule has 0 atom stereocenters. The maximum absolute atomic E-state index is 11.8. The summed E-state index contributed by atoms with van der Waals surface area (Å²) in [5.74, 6) is 0.0890. The highest BCUT2D eigenvalue weighted by Gasteiger charge is 2.39. The van der Waals surface area contributed by atoms with Crippen molar-refractivity contribution in [1.82, 2.24) is 0 Å². The van der Waals surface area contributed by atoms with Crippen molar-refractivity contribution in [2.45, 2.75) is 71.5 Å². The van der Waals surface area contributed by atoms with E-state index < -0.39 is 11.2 Å². The van der Waals surface area contributed by atoms with Crippen LogP contribution < -0.4 is 0 Å². The normalized spacial score (nSPS) is 30.1. The zero-order valence-corrected chi connectivity index (χ0v) is 12.2. The van der Waals surface area contributed by atoms with E-state index in [0.717, 1.165) is 25.7 Å². The molecule has 0 saturated heterocycles. The summed E-state index contributed by atoms with van der Waals surface area (Å²) in [4.78, 5) is 11.8. The molecule has 0 spiro atoms. The van der Waals surface area contributed by atoms with Crippen molar-refractivity contribution in [3.05, 3.63) is 11.6 Å². The van der Waals surface area contributed by atoms with Gasteiger partial charge in [-0.1, -0.05) is 6.08 Å². The molecule has 1 fully saturated rings. The third-order valence-corrected chi connectivity index (χ3v) is 4.16. The van der Waals surface area contributed by atoms with Crippen LogP contribution in [0.15, 0.2) is 11.6 Å². The van der Waals surface area contributed by atoms with Gasteiger partial charge in [0.05, 0.1) is 5.60 Å². The summed E-state index contributed by atoms with van der Waals surface area (Å²) in [5, 5.41) is 9.95. The molecule has 0 aromatic rings. The van der Waals surface area contributed by atoms with E-state index in [1.807, 2.05) is 27.7 Å². The van der Waals surface area contributed by atoms with Crippen molar-refractivity contribution in [1.29, 1.82) is 0 Å². The van der Waals surface area contributed by atoms with E-state index in [1.54, 1.807) is 13.0 Å². The lowest BCUT2D eigenvalue weighted by Gasteiger charge is -2.40. The molecule has 1 rings (SSSR count). The molecule has 0 amide bonds. The minimum Gasteiger partial charge on any atom is -0.456 e. The number of esters is 1. The SMILES string of the molecule is CC=C(C)C(=O)OC(C)(C)C1CCC(C)(O)CC1. The number of aliphatic hydroxyl groups is 1. The third kappa shape index (κ3) is 3.84. The first-order chi connectivity index (χ1) is 8.18. The van der Waals surface area contributed by atoms with E-state index in [1.165, 1.54) is 0 Å². The van der Waals surface area contributed by atoms with E-state index in [-0.39, 0.29) is 5.97 Å². The Balaban J connectivity index is 2.62. The molecule has 0 radical (unpaired) electrons. The monoisotopic (exact) mass is 254 g/mol. The Morgan fingerprint density at radius 2 is 1.89 bits per heavy atom. The molecule has 0 aliphatic heterocycles. The van der Waals surface area contributed by atoms with E-state index in [4.69, 9.17) is 4.74 Å². The maximum atomic E-state index is 11.8. The number of allylic oxidation sites excluding steroid dienone is 1. The zero-order valence-electron chi connectivity index (χ0n) is 12.2. The van der Waals surface area contributed by atoms with Gasteiger partial charge in [-0.25, -0.2) is 4.79 Å². The molecule has 1 aliphatic carbocycles. The molecule has 0 bridgehead atoms. The van der Waals surface area contributed by atoms with Crippen LogP contribution in [-0.4, -0.2) is 22.3 Å².